The molecule has 4 nitrogen and oxygen atoms in total. The van der Waals surface area contributed by atoms with Crippen LogP contribution in [-0.4, -0.2) is 15.6 Å². The van der Waals surface area contributed by atoms with Crippen LogP contribution in [0.4, 0.5) is 0 Å². The predicted molar refractivity (Wildman–Crippen MR) is 67.1 cm³/mol. The number of nitrogens with zero attached hydrogens (tertiary/aromatic N) is 2. The second-order valence-corrected chi connectivity index (χ2v) is 4.81. The van der Waals surface area contributed by atoms with Crippen molar-refractivity contribution in [1.82, 2.24) is 9.78 Å². The van der Waals surface area contributed by atoms with Gasteiger partial charge in [0.05, 0.1) is 27.8 Å². The fourth-order valence-electron chi connectivity index (χ4n) is 1.72. The fraction of sp³-hybridized carbons (Fsp3) is 0.333. The number of furan rings is 1. The van der Waals surface area contributed by atoms with E-state index in [1.54, 1.807) is 10.7 Å². The third kappa shape index (κ3) is 2.34. The second kappa shape index (κ2) is 4.49. The first kappa shape index (κ1) is 12.1. The van der Waals surface area contributed by atoms with Gasteiger partial charge >= 0.3 is 0 Å². The summed E-state index contributed by atoms with van der Waals surface area (Å²) in [5, 5.41) is 4.26. The Morgan fingerprint density at radius 2 is 2.24 bits per heavy atom. The molecule has 0 saturated heterocycles. The highest BCUT2D eigenvalue weighted by atomic mass is 79.9. The Morgan fingerprint density at radius 3 is 2.71 bits per heavy atom. The van der Waals surface area contributed by atoms with Crippen molar-refractivity contribution < 1.29 is 9.21 Å². The van der Waals surface area contributed by atoms with Gasteiger partial charge in [-0.05, 0) is 35.8 Å². The molecule has 5 heteroatoms. The number of hydrogen-bond acceptors (Lipinski definition) is 3. The number of aromatic nitrogens is 2. The van der Waals surface area contributed by atoms with E-state index in [-0.39, 0.29) is 5.78 Å². The van der Waals surface area contributed by atoms with Crippen molar-refractivity contribution in [3.63, 3.8) is 0 Å². The maximum Gasteiger partial charge on any atom is 0.172 e. The van der Waals surface area contributed by atoms with Gasteiger partial charge in [0, 0.05) is 7.05 Å². The lowest BCUT2D eigenvalue weighted by Crippen LogP contribution is -2.07. The molecule has 0 saturated carbocycles. The number of carbonyl (C=O) groups excluding carboxylic acids is 1. The number of Topliss-reactive ketones (excluding diaryl/α,β-unsaturated/α-hetero) is 1. The van der Waals surface area contributed by atoms with Crippen molar-refractivity contribution in [3.8, 4) is 0 Å². The largest absolute Gasteiger partial charge is 0.469 e. The summed E-state index contributed by atoms with van der Waals surface area (Å²) in [7, 11) is 1.83. The number of aryl methyl sites for hydroxylation is 3. The third-order valence-electron chi connectivity index (χ3n) is 2.64. The summed E-state index contributed by atoms with van der Waals surface area (Å²) >= 11 is 3.45. The molecule has 0 aliphatic rings. The summed E-state index contributed by atoms with van der Waals surface area (Å²) in [5.41, 5.74) is 2.37. The Kier molecular flexibility index (Phi) is 3.19. The van der Waals surface area contributed by atoms with E-state index in [1.165, 1.54) is 6.26 Å². The van der Waals surface area contributed by atoms with Crippen molar-refractivity contribution in [2.75, 3.05) is 0 Å². The molecule has 90 valence electrons. The van der Waals surface area contributed by atoms with E-state index in [9.17, 15) is 4.79 Å². The molecule has 0 spiro atoms. The molecule has 17 heavy (non-hydrogen) atoms. The molecule has 0 atom stereocenters. The van der Waals surface area contributed by atoms with Gasteiger partial charge < -0.3 is 4.42 Å². The molecule has 0 unspecified atom stereocenters. The molecule has 2 heterocycles. The van der Waals surface area contributed by atoms with Crippen molar-refractivity contribution in [1.29, 1.82) is 0 Å². The molecule has 2 rings (SSSR count). The van der Waals surface area contributed by atoms with Gasteiger partial charge in [-0.2, -0.15) is 5.10 Å². The molecule has 0 aliphatic heterocycles. The Balaban J connectivity index is 2.24. The number of hydrogen-bond donors (Lipinski definition) is 0. The molecule has 0 fully saturated rings. The smallest absolute Gasteiger partial charge is 0.172 e. The van der Waals surface area contributed by atoms with Gasteiger partial charge in [0.1, 0.15) is 12.0 Å². The maximum atomic E-state index is 12.0. The zero-order chi connectivity index (χ0) is 12.6. The molecule has 2 aromatic heterocycles. The maximum absolute atomic E-state index is 12.0. The highest BCUT2D eigenvalue weighted by Gasteiger charge is 2.16. The van der Waals surface area contributed by atoms with E-state index in [0.29, 0.717) is 12.0 Å². The van der Waals surface area contributed by atoms with Gasteiger partial charge in [0.2, 0.25) is 0 Å². The topological polar surface area (TPSA) is 48.0 Å². The van der Waals surface area contributed by atoms with E-state index < -0.39 is 0 Å². The van der Waals surface area contributed by atoms with Gasteiger partial charge in [0.15, 0.2) is 5.78 Å². The van der Waals surface area contributed by atoms with Crippen LogP contribution in [0.15, 0.2) is 21.2 Å². The molecular weight excluding hydrogens is 284 g/mol. The standard InChI is InChI=1S/C12H13BrN2O2/c1-7-4-9(6-17-7)11(16)5-10-12(13)8(2)14-15(10)3/h4,6H,5H2,1-3H3. The quantitative estimate of drug-likeness (QED) is 0.818. The van der Waals surface area contributed by atoms with E-state index in [4.69, 9.17) is 4.42 Å². The normalized spacial score (nSPS) is 10.8. The average Bonchev–Trinajstić information content (AvgIpc) is 2.79. The van der Waals surface area contributed by atoms with Crippen LogP contribution >= 0.6 is 15.9 Å². The van der Waals surface area contributed by atoms with E-state index in [1.807, 2.05) is 20.9 Å². The van der Waals surface area contributed by atoms with Crippen LogP contribution in [0.2, 0.25) is 0 Å². The molecule has 0 aromatic carbocycles. The van der Waals surface area contributed by atoms with Crippen LogP contribution in [0.1, 0.15) is 27.5 Å². The lowest BCUT2D eigenvalue weighted by atomic mass is 10.1. The summed E-state index contributed by atoms with van der Waals surface area (Å²) < 4.78 is 7.76. The van der Waals surface area contributed by atoms with Crippen LogP contribution < -0.4 is 0 Å². The molecule has 0 N–H and O–H groups in total. The average molecular weight is 297 g/mol. The van der Waals surface area contributed by atoms with Crippen LogP contribution in [0.3, 0.4) is 0 Å². The number of halogens is 1. The van der Waals surface area contributed by atoms with Gasteiger partial charge in [-0.1, -0.05) is 0 Å². The minimum Gasteiger partial charge on any atom is -0.469 e. The van der Waals surface area contributed by atoms with Gasteiger partial charge in [0.25, 0.3) is 0 Å². The molecule has 0 bridgehead atoms. The Bertz CT molecular complexity index is 569. The minimum atomic E-state index is 0.0329. The summed E-state index contributed by atoms with van der Waals surface area (Å²) in [4.78, 5) is 12.0. The van der Waals surface area contributed by atoms with E-state index >= 15 is 0 Å². The monoisotopic (exact) mass is 296 g/mol. The molecular formula is C12H13BrN2O2. The minimum absolute atomic E-state index is 0.0329. The Morgan fingerprint density at radius 1 is 1.53 bits per heavy atom. The number of carbonyl (C=O) groups is 1. The van der Waals surface area contributed by atoms with Gasteiger partial charge in [-0.3, -0.25) is 9.48 Å². The summed E-state index contributed by atoms with van der Waals surface area (Å²) in [6.07, 6.45) is 1.81. The van der Waals surface area contributed by atoms with Crippen molar-refractivity contribution in [2.24, 2.45) is 7.05 Å². The van der Waals surface area contributed by atoms with Crippen molar-refractivity contribution in [3.05, 3.63) is 39.5 Å². The van der Waals surface area contributed by atoms with Gasteiger partial charge in [-0.15, -0.1) is 0 Å². The summed E-state index contributed by atoms with van der Waals surface area (Å²) in [6.45, 7) is 3.72. The number of ketones is 1. The lowest BCUT2D eigenvalue weighted by Gasteiger charge is -2.00. The highest BCUT2D eigenvalue weighted by molar-refractivity contribution is 9.10. The summed E-state index contributed by atoms with van der Waals surface area (Å²) in [5.74, 6) is 0.777. The van der Waals surface area contributed by atoms with Crippen LogP contribution in [0, 0.1) is 13.8 Å². The van der Waals surface area contributed by atoms with Crippen molar-refractivity contribution in [2.45, 2.75) is 20.3 Å². The Hall–Kier alpha value is -1.36. The molecule has 2 aromatic rings. The van der Waals surface area contributed by atoms with Crippen LogP contribution in [0.5, 0.6) is 0 Å². The first-order valence-electron chi connectivity index (χ1n) is 5.25. The first-order chi connectivity index (χ1) is 7.99. The highest BCUT2D eigenvalue weighted by Crippen LogP contribution is 2.22. The van der Waals surface area contributed by atoms with Crippen molar-refractivity contribution >= 4 is 21.7 Å². The van der Waals surface area contributed by atoms with Crippen LogP contribution in [-0.2, 0) is 13.5 Å². The molecule has 0 radical (unpaired) electrons. The lowest BCUT2D eigenvalue weighted by molar-refractivity contribution is 0.0990. The molecule has 0 amide bonds. The van der Waals surface area contributed by atoms with E-state index in [0.717, 1.165) is 21.6 Å². The first-order valence-corrected chi connectivity index (χ1v) is 6.04. The summed E-state index contributed by atoms with van der Waals surface area (Å²) in [6, 6.07) is 1.75. The third-order valence-corrected chi connectivity index (χ3v) is 3.67. The Labute approximate surface area is 108 Å². The second-order valence-electron chi connectivity index (χ2n) is 4.02. The zero-order valence-corrected chi connectivity index (χ0v) is 11.5. The number of rotatable bonds is 3. The fourth-order valence-corrected chi connectivity index (χ4v) is 2.19. The SMILES string of the molecule is Cc1cc(C(=O)Cc2c(Br)c(C)nn2C)co1. The predicted octanol–water partition coefficient (Wildman–Crippen LogP) is 2.82. The van der Waals surface area contributed by atoms with E-state index in [2.05, 4.69) is 21.0 Å². The van der Waals surface area contributed by atoms with Gasteiger partial charge in [-0.25, -0.2) is 0 Å². The molecule has 0 aliphatic carbocycles. The van der Waals surface area contributed by atoms with Crippen LogP contribution in [0.25, 0.3) is 0 Å². The zero-order valence-electron chi connectivity index (χ0n) is 9.95.